The van der Waals surface area contributed by atoms with Gasteiger partial charge in [0.2, 0.25) is 0 Å². The van der Waals surface area contributed by atoms with Gasteiger partial charge in [-0.1, -0.05) is 44.1 Å². The van der Waals surface area contributed by atoms with Gasteiger partial charge in [0.05, 0.1) is 0 Å². The molecule has 162 valence electrons. The fourth-order valence-corrected chi connectivity index (χ4v) is 5.61. The lowest BCUT2D eigenvalue weighted by Gasteiger charge is -2.60. The molecule has 0 amide bonds. The number of fused-ring (bicyclic) bond motifs is 1. The van der Waals surface area contributed by atoms with E-state index in [2.05, 4.69) is 33.8 Å². The summed E-state index contributed by atoms with van der Waals surface area (Å²) >= 11 is 0. The zero-order chi connectivity index (χ0) is 22.0. The first-order valence-corrected chi connectivity index (χ1v) is 10.9. The van der Waals surface area contributed by atoms with Crippen LogP contribution in [0.25, 0.3) is 0 Å². The molecule has 0 aliphatic heterocycles. The number of carbonyl (C=O) groups is 2. The molecule has 0 unspecified atom stereocenters. The SMILES string of the molecule is C/C=C(\C)C(=O)O[C@@H]1C[C@@H](C)[C@](C)(CC/C(C)=C/C(=O)O)[C@H]2CCC=C(C)[C@@]21C. The van der Waals surface area contributed by atoms with Crippen molar-refractivity contribution in [3.8, 4) is 0 Å². The van der Waals surface area contributed by atoms with Crippen molar-refractivity contribution >= 4 is 11.9 Å². The number of esters is 1. The summed E-state index contributed by atoms with van der Waals surface area (Å²) in [5, 5.41) is 9.05. The van der Waals surface area contributed by atoms with Gasteiger partial charge in [-0.05, 0) is 77.0 Å². The summed E-state index contributed by atoms with van der Waals surface area (Å²) in [5.41, 5.74) is 2.76. The van der Waals surface area contributed by atoms with Crippen LogP contribution in [0, 0.1) is 22.7 Å². The quantitative estimate of drug-likeness (QED) is 0.332. The van der Waals surface area contributed by atoms with Crippen molar-refractivity contribution in [2.24, 2.45) is 22.7 Å². The zero-order valence-electron chi connectivity index (χ0n) is 19.2. The molecular weight excluding hydrogens is 364 g/mol. The van der Waals surface area contributed by atoms with Crippen LogP contribution in [0.4, 0.5) is 0 Å². The predicted molar refractivity (Wildman–Crippen MR) is 116 cm³/mol. The number of rotatable bonds is 6. The average Bonchev–Trinajstić information content (AvgIpc) is 2.65. The molecule has 0 aromatic heterocycles. The Kier molecular flexibility index (Phi) is 7.19. The maximum absolute atomic E-state index is 12.6. The highest BCUT2D eigenvalue weighted by atomic mass is 16.5. The first-order valence-electron chi connectivity index (χ1n) is 10.9. The second-order valence-corrected chi connectivity index (χ2v) is 9.64. The number of ether oxygens (including phenoxy) is 1. The lowest BCUT2D eigenvalue weighted by molar-refractivity contribution is -0.172. The molecule has 4 nitrogen and oxygen atoms in total. The Morgan fingerprint density at radius 3 is 2.55 bits per heavy atom. The smallest absolute Gasteiger partial charge is 0.333 e. The summed E-state index contributed by atoms with van der Waals surface area (Å²) in [6.45, 7) is 14.7. The van der Waals surface area contributed by atoms with Crippen molar-refractivity contribution in [1.82, 2.24) is 0 Å². The van der Waals surface area contributed by atoms with Crippen LogP contribution in [0.3, 0.4) is 0 Å². The lowest BCUT2D eigenvalue weighted by atomic mass is 9.46. The predicted octanol–water partition coefficient (Wildman–Crippen LogP) is 6.08. The Labute approximate surface area is 176 Å². The molecule has 0 heterocycles. The number of hydrogen-bond acceptors (Lipinski definition) is 3. The molecule has 1 N–H and O–H groups in total. The van der Waals surface area contributed by atoms with Crippen LogP contribution < -0.4 is 0 Å². The van der Waals surface area contributed by atoms with Crippen molar-refractivity contribution in [1.29, 1.82) is 0 Å². The molecule has 0 radical (unpaired) electrons. The molecule has 2 aliphatic rings. The minimum atomic E-state index is -0.878. The molecule has 5 atom stereocenters. The number of carbonyl (C=O) groups excluding carboxylic acids is 1. The van der Waals surface area contributed by atoms with E-state index in [4.69, 9.17) is 9.84 Å². The van der Waals surface area contributed by atoms with E-state index in [9.17, 15) is 9.59 Å². The minimum absolute atomic E-state index is 0.0659. The fraction of sp³-hybridized carbons (Fsp3) is 0.680. The highest BCUT2D eigenvalue weighted by Gasteiger charge is 2.58. The topological polar surface area (TPSA) is 63.6 Å². The number of hydrogen-bond donors (Lipinski definition) is 1. The Bertz CT molecular complexity index is 744. The minimum Gasteiger partial charge on any atom is -0.478 e. The molecule has 0 aromatic rings. The van der Waals surface area contributed by atoms with Gasteiger partial charge in [-0.2, -0.15) is 0 Å². The van der Waals surface area contributed by atoms with E-state index in [-0.39, 0.29) is 22.9 Å². The average molecular weight is 403 g/mol. The van der Waals surface area contributed by atoms with Crippen LogP contribution in [-0.2, 0) is 14.3 Å². The van der Waals surface area contributed by atoms with Gasteiger partial charge in [-0.25, -0.2) is 9.59 Å². The molecular formula is C25H38O4. The largest absolute Gasteiger partial charge is 0.478 e. The third-order valence-corrected chi connectivity index (χ3v) is 8.07. The van der Waals surface area contributed by atoms with Crippen molar-refractivity contribution in [2.45, 2.75) is 86.7 Å². The van der Waals surface area contributed by atoms with E-state index in [1.54, 1.807) is 13.0 Å². The number of aliphatic carboxylic acids is 1. The molecule has 2 aliphatic carbocycles. The number of carboxylic acids is 1. The van der Waals surface area contributed by atoms with Gasteiger partial charge in [0, 0.05) is 17.1 Å². The van der Waals surface area contributed by atoms with Crippen molar-refractivity contribution in [3.05, 3.63) is 34.9 Å². The molecule has 0 bridgehead atoms. The standard InChI is InChI=1S/C25H38O4/c1-8-17(3)23(28)29-21-15-19(5)24(6,13-12-16(2)14-22(26)27)20-11-9-10-18(4)25(20,21)7/h8,10,14,19-21H,9,11-13,15H2,1-7H3,(H,26,27)/b16-14+,17-8+/t19-,20-,21-,24+,25+/m1/s1. The van der Waals surface area contributed by atoms with E-state index in [0.29, 0.717) is 17.4 Å². The van der Waals surface area contributed by atoms with Crippen molar-refractivity contribution < 1.29 is 19.4 Å². The summed E-state index contributed by atoms with van der Waals surface area (Å²) in [4.78, 5) is 23.6. The molecule has 1 saturated carbocycles. The number of allylic oxidation sites excluding steroid dienone is 3. The zero-order valence-corrected chi connectivity index (χ0v) is 19.2. The van der Waals surface area contributed by atoms with E-state index in [0.717, 1.165) is 37.7 Å². The summed E-state index contributed by atoms with van der Waals surface area (Å²) in [7, 11) is 0. The fourth-order valence-electron chi connectivity index (χ4n) is 5.61. The van der Waals surface area contributed by atoms with E-state index < -0.39 is 5.97 Å². The van der Waals surface area contributed by atoms with Gasteiger partial charge < -0.3 is 9.84 Å². The van der Waals surface area contributed by atoms with E-state index in [1.807, 2.05) is 13.8 Å². The highest BCUT2D eigenvalue weighted by molar-refractivity contribution is 5.87. The molecule has 0 spiro atoms. The van der Waals surface area contributed by atoms with Gasteiger partial charge in [0.15, 0.2) is 0 Å². The maximum Gasteiger partial charge on any atom is 0.333 e. The van der Waals surface area contributed by atoms with Crippen LogP contribution in [0.5, 0.6) is 0 Å². The van der Waals surface area contributed by atoms with Gasteiger partial charge in [0.25, 0.3) is 0 Å². The summed E-state index contributed by atoms with van der Waals surface area (Å²) in [6, 6.07) is 0. The van der Waals surface area contributed by atoms with Crippen LogP contribution in [0.15, 0.2) is 34.9 Å². The molecule has 29 heavy (non-hydrogen) atoms. The van der Waals surface area contributed by atoms with Gasteiger partial charge in [-0.15, -0.1) is 0 Å². The van der Waals surface area contributed by atoms with Gasteiger partial charge >= 0.3 is 11.9 Å². The molecule has 0 aromatic carbocycles. The third kappa shape index (κ3) is 4.51. The second-order valence-electron chi connectivity index (χ2n) is 9.64. The van der Waals surface area contributed by atoms with E-state index in [1.165, 1.54) is 11.6 Å². The summed E-state index contributed by atoms with van der Waals surface area (Å²) in [6.07, 6.45) is 10.00. The second kappa shape index (κ2) is 8.89. The molecule has 4 heteroatoms. The Morgan fingerprint density at radius 1 is 1.31 bits per heavy atom. The Hall–Kier alpha value is -1.84. The summed E-state index contributed by atoms with van der Waals surface area (Å²) in [5.74, 6) is -0.318. The molecule has 2 rings (SSSR count). The van der Waals surface area contributed by atoms with Gasteiger partial charge in [-0.3, -0.25) is 0 Å². The van der Waals surface area contributed by atoms with Crippen LogP contribution in [0.1, 0.15) is 80.6 Å². The monoisotopic (exact) mass is 402 g/mol. The Morgan fingerprint density at radius 2 is 1.97 bits per heavy atom. The van der Waals surface area contributed by atoms with E-state index >= 15 is 0 Å². The van der Waals surface area contributed by atoms with Gasteiger partial charge in [0.1, 0.15) is 6.10 Å². The van der Waals surface area contributed by atoms with Crippen molar-refractivity contribution in [2.75, 3.05) is 0 Å². The third-order valence-electron chi connectivity index (χ3n) is 8.07. The summed E-state index contributed by atoms with van der Waals surface area (Å²) < 4.78 is 6.09. The number of carboxylic acid groups (broad SMARTS) is 1. The van der Waals surface area contributed by atoms with Crippen molar-refractivity contribution in [3.63, 3.8) is 0 Å². The van der Waals surface area contributed by atoms with Crippen LogP contribution in [-0.4, -0.2) is 23.1 Å². The Balaban J connectivity index is 2.37. The first kappa shape index (κ1) is 23.4. The normalized spacial score (nSPS) is 35.6. The first-order chi connectivity index (χ1) is 13.5. The van der Waals surface area contributed by atoms with Crippen LogP contribution in [0.2, 0.25) is 0 Å². The molecule has 0 saturated heterocycles. The molecule has 1 fully saturated rings. The van der Waals surface area contributed by atoms with Crippen LogP contribution >= 0.6 is 0 Å². The maximum atomic E-state index is 12.6. The highest BCUT2D eigenvalue weighted by Crippen LogP contribution is 2.62. The lowest BCUT2D eigenvalue weighted by Crippen LogP contribution is -2.57.